The zero-order chi connectivity index (χ0) is 26.1. The second-order valence-electron chi connectivity index (χ2n) is 9.23. The van der Waals surface area contributed by atoms with Gasteiger partial charge in [-0.2, -0.15) is 0 Å². The number of halogens is 2. The van der Waals surface area contributed by atoms with Crippen LogP contribution in [0.1, 0.15) is 50.0 Å². The number of amides is 3. The molecule has 3 rings (SSSR count). The van der Waals surface area contributed by atoms with Crippen LogP contribution in [0.15, 0.2) is 47.4 Å². The first-order chi connectivity index (χ1) is 16.3. The van der Waals surface area contributed by atoms with Crippen molar-refractivity contribution in [1.29, 1.82) is 0 Å². The molecule has 35 heavy (non-hydrogen) atoms. The lowest BCUT2D eigenvalue weighted by molar-refractivity contribution is -0.141. The molecule has 0 saturated heterocycles. The van der Waals surface area contributed by atoms with E-state index in [2.05, 4.69) is 5.32 Å². The Morgan fingerprint density at radius 1 is 1.11 bits per heavy atom. The van der Waals surface area contributed by atoms with Crippen molar-refractivity contribution in [1.82, 2.24) is 14.5 Å². The van der Waals surface area contributed by atoms with Gasteiger partial charge >= 0.3 is 0 Å². The summed E-state index contributed by atoms with van der Waals surface area (Å²) in [5.74, 6) is -1.90. The molecule has 3 amide bonds. The Bertz CT molecular complexity index is 1270. The summed E-state index contributed by atoms with van der Waals surface area (Å²) in [4.78, 5) is 40.6. The molecule has 0 spiro atoms. The highest BCUT2D eigenvalue weighted by Gasteiger charge is 2.43. The quantitative estimate of drug-likeness (QED) is 0.575. The molecule has 1 N–H and O–H groups in total. The molecule has 1 heterocycles. The minimum Gasteiger partial charge on any atom is -0.350 e. The molecule has 0 unspecified atom stereocenters. The van der Waals surface area contributed by atoms with Crippen LogP contribution in [0.2, 0.25) is 10.0 Å². The zero-order valence-electron chi connectivity index (χ0n) is 19.8. The maximum atomic E-state index is 13.6. The molecule has 0 bridgehead atoms. The number of carbonyl (C=O) groups is 3. The van der Waals surface area contributed by atoms with E-state index < -0.39 is 45.9 Å². The lowest BCUT2D eigenvalue weighted by atomic mass is 10.1. The molecule has 1 aliphatic heterocycles. The largest absolute Gasteiger partial charge is 0.350 e. The van der Waals surface area contributed by atoms with Crippen molar-refractivity contribution >= 4 is 50.9 Å². The van der Waals surface area contributed by atoms with Gasteiger partial charge < -0.3 is 10.2 Å². The number of benzene rings is 2. The fraction of sp³-hybridized carbons (Fsp3) is 0.375. The minimum absolute atomic E-state index is 0.00473. The molecule has 0 aromatic heterocycles. The van der Waals surface area contributed by atoms with Gasteiger partial charge in [-0.3, -0.25) is 14.4 Å². The minimum atomic E-state index is -4.20. The lowest BCUT2D eigenvalue weighted by Gasteiger charge is -2.34. The summed E-state index contributed by atoms with van der Waals surface area (Å²) in [5.41, 5.74) is -0.0389. The fourth-order valence-electron chi connectivity index (χ4n) is 3.81. The van der Waals surface area contributed by atoms with E-state index >= 15 is 0 Å². The summed E-state index contributed by atoms with van der Waals surface area (Å²) in [6, 6.07) is 9.60. The number of nitrogens with one attached hydrogen (secondary N) is 1. The van der Waals surface area contributed by atoms with E-state index in [9.17, 15) is 22.8 Å². The van der Waals surface area contributed by atoms with Crippen LogP contribution in [-0.4, -0.2) is 53.5 Å². The molecule has 188 valence electrons. The Morgan fingerprint density at radius 3 is 2.34 bits per heavy atom. The molecule has 0 radical (unpaired) electrons. The number of sulfonamides is 1. The Kier molecular flexibility index (Phi) is 7.83. The summed E-state index contributed by atoms with van der Waals surface area (Å²) in [7, 11) is -4.20. The Labute approximate surface area is 215 Å². The molecule has 0 saturated carbocycles. The number of rotatable bonds is 7. The Hall–Kier alpha value is -2.62. The van der Waals surface area contributed by atoms with Gasteiger partial charge in [-0.25, -0.2) is 12.7 Å². The average Bonchev–Trinajstić information content (AvgIpc) is 2.94. The Morgan fingerprint density at radius 2 is 1.77 bits per heavy atom. The molecule has 1 atom stereocenters. The molecule has 1 aliphatic rings. The first-order valence-electron chi connectivity index (χ1n) is 11.0. The van der Waals surface area contributed by atoms with Crippen LogP contribution in [0.3, 0.4) is 0 Å². The van der Waals surface area contributed by atoms with Gasteiger partial charge in [-0.1, -0.05) is 48.3 Å². The third kappa shape index (κ3) is 5.79. The van der Waals surface area contributed by atoms with Gasteiger partial charge in [0.25, 0.3) is 15.9 Å². The first kappa shape index (κ1) is 27.0. The van der Waals surface area contributed by atoms with Gasteiger partial charge in [0.2, 0.25) is 11.8 Å². The Balaban J connectivity index is 1.97. The predicted molar refractivity (Wildman–Crippen MR) is 134 cm³/mol. The van der Waals surface area contributed by atoms with E-state index in [1.165, 1.54) is 29.2 Å². The van der Waals surface area contributed by atoms with Gasteiger partial charge in [-0.15, -0.1) is 0 Å². The van der Waals surface area contributed by atoms with Crippen molar-refractivity contribution in [2.45, 2.75) is 57.1 Å². The van der Waals surface area contributed by atoms with Gasteiger partial charge in [0.1, 0.15) is 17.5 Å². The lowest BCUT2D eigenvalue weighted by Crippen LogP contribution is -2.55. The highest BCUT2D eigenvalue weighted by atomic mass is 35.5. The van der Waals surface area contributed by atoms with Crippen LogP contribution in [-0.2, 0) is 26.2 Å². The van der Waals surface area contributed by atoms with E-state index in [0.29, 0.717) is 19.9 Å². The second kappa shape index (κ2) is 10.2. The van der Waals surface area contributed by atoms with E-state index in [1.54, 1.807) is 25.1 Å². The second-order valence-corrected chi connectivity index (χ2v) is 11.9. The molecular weight excluding hydrogens is 513 g/mol. The number of nitrogens with zero attached hydrogens (tertiary/aromatic N) is 2. The predicted octanol–water partition coefficient (Wildman–Crippen LogP) is 3.86. The topological polar surface area (TPSA) is 104 Å². The van der Waals surface area contributed by atoms with Crippen molar-refractivity contribution in [2.24, 2.45) is 0 Å². The standard InChI is InChI=1S/C24H27Cl2N3O5S/c1-5-19(22(31)27-24(2,3)4)28(13-15-10-11-16(25)12-18(15)26)21(30)14-29-23(32)17-8-6-7-9-20(17)35(29,33)34/h6-12,19H,5,13-14H2,1-4H3,(H,27,31)/t19-/m1/s1. The SMILES string of the molecule is CC[C@H](C(=O)NC(C)(C)C)N(Cc1ccc(Cl)cc1Cl)C(=O)CN1C(=O)c2ccccc2S1(=O)=O. The van der Waals surface area contributed by atoms with Crippen molar-refractivity contribution in [2.75, 3.05) is 6.54 Å². The molecule has 0 aliphatic carbocycles. The number of hydrogen-bond donors (Lipinski definition) is 1. The van der Waals surface area contributed by atoms with E-state index in [-0.39, 0.29) is 23.4 Å². The highest BCUT2D eigenvalue weighted by molar-refractivity contribution is 7.90. The normalized spacial score (nSPS) is 15.5. The van der Waals surface area contributed by atoms with E-state index in [1.807, 2.05) is 20.8 Å². The maximum Gasteiger partial charge on any atom is 0.269 e. The van der Waals surface area contributed by atoms with Crippen molar-refractivity contribution in [3.05, 3.63) is 63.6 Å². The molecular formula is C24H27Cl2N3O5S. The summed E-state index contributed by atoms with van der Waals surface area (Å²) in [6.45, 7) is 6.34. The van der Waals surface area contributed by atoms with Crippen molar-refractivity contribution < 1.29 is 22.8 Å². The highest BCUT2D eigenvalue weighted by Crippen LogP contribution is 2.30. The molecule has 11 heteroatoms. The monoisotopic (exact) mass is 539 g/mol. The first-order valence-corrected chi connectivity index (χ1v) is 13.2. The fourth-order valence-corrected chi connectivity index (χ4v) is 5.79. The summed E-state index contributed by atoms with van der Waals surface area (Å²) < 4.78 is 26.5. The van der Waals surface area contributed by atoms with Gasteiger partial charge in [0.05, 0.1) is 5.56 Å². The smallest absolute Gasteiger partial charge is 0.269 e. The molecule has 2 aromatic rings. The van der Waals surface area contributed by atoms with Gasteiger partial charge in [0.15, 0.2) is 0 Å². The van der Waals surface area contributed by atoms with Crippen LogP contribution in [0.5, 0.6) is 0 Å². The van der Waals surface area contributed by atoms with E-state index in [4.69, 9.17) is 23.2 Å². The molecule has 0 fully saturated rings. The van der Waals surface area contributed by atoms with Crippen LogP contribution in [0.4, 0.5) is 0 Å². The summed E-state index contributed by atoms with van der Waals surface area (Å²) in [5, 5.41) is 3.56. The third-order valence-corrected chi connectivity index (χ3v) is 7.80. The van der Waals surface area contributed by atoms with E-state index in [0.717, 1.165) is 0 Å². The number of carbonyl (C=O) groups excluding carboxylic acids is 3. The number of fused-ring (bicyclic) bond motifs is 1. The van der Waals surface area contributed by atoms with Crippen molar-refractivity contribution in [3.8, 4) is 0 Å². The zero-order valence-corrected chi connectivity index (χ0v) is 22.2. The van der Waals surface area contributed by atoms with Crippen LogP contribution >= 0.6 is 23.2 Å². The average molecular weight is 540 g/mol. The van der Waals surface area contributed by atoms with Crippen LogP contribution in [0, 0.1) is 0 Å². The van der Waals surface area contributed by atoms with Crippen LogP contribution < -0.4 is 5.32 Å². The van der Waals surface area contributed by atoms with Crippen LogP contribution in [0.25, 0.3) is 0 Å². The molecule has 2 aromatic carbocycles. The summed E-state index contributed by atoms with van der Waals surface area (Å²) >= 11 is 12.3. The molecule has 8 nitrogen and oxygen atoms in total. The maximum absolute atomic E-state index is 13.6. The number of hydrogen-bond acceptors (Lipinski definition) is 5. The third-order valence-electron chi connectivity index (χ3n) is 5.43. The summed E-state index contributed by atoms with van der Waals surface area (Å²) in [6.07, 6.45) is 0.250. The van der Waals surface area contributed by atoms with Gasteiger partial charge in [0, 0.05) is 22.1 Å². The van der Waals surface area contributed by atoms with Crippen molar-refractivity contribution in [3.63, 3.8) is 0 Å². The van der Waals surface area contributed by atoms with Gasteiger partial charge in [-0.05, 0) is 57.0 Å².